The van der Waals surface area contributed by atoms with E-state index in [0.717, 1.165) is 33.2 Å². The topological polar surface area (TPSA) is 56.5 Å². The fourth-order valence-electron chi connectivity index (χ4n) is 2.93. The molecule has 0 aliphatic heterocycles. The second kappa shape index (κ2) is 5.89. The molecule has 5 aromatic rings. The summed E-state index contributed by atoms with van der Waals surface area (Å²) in [5.41, 5.74) is 4.23. The quantitative estimate of drug-likeness (QED) is 0.460. The minimum absolute atomic E-state index is 0.435. The van der Waals surface area contributed by atoms with Gasteiger partial charge in [-0.2, -0.15) is 0 Å². The van der Waals surface area contributed by atoms with Gasteiger partial charge in [-0.15, -0.1) is 15.0 Å². The van der Waals surface area contributed by atoms with Gasteiger partial charge >= 0.3 is 0 Å². The lowest BCUT2D eigenvalue weighted by Crippen LogP contribution is -2.06. The fraction of sp³-hybridized carbons (Fsp3) is 0. The van der Waals surface area contributed by atoms with Crippen LogP contribution in [-0.4, -0.2) is 25.0 Å². The fourth-order valence-corrected chi connectivity index (χ4v) is 3.06. The van der Waals surface area contributed by atoms with Crippen LogP contribution in [0.15, 0.2) is 72.8 Å². The van der Waals surface area contributed by atoms with Crippen LogP contribution in [-0.2, 0) is 0 Å². The molecule has 5 rings (SSSR count). The summed E-state index contributed by atoms with van der Waals surface area (Å²) in [5.74, 6) is 0.435. The highest BCUT2D eigenvalue weighted by molar-refractivity contribution is 6.30. The summed E-state index contributed by atoms with van der Waals surface area (Å²) < 4.78 is 0. The molecule has 0 unspecified atom stereocenters. The van der Waals surface area contributed by atoms with Crippen molar-refractivity contribution in [2.24, 2.45) is 0 Å². The molecule has 0 radical (unpaired) electrons. The maximum Gasteiger partial charge on any atom is 0.269 e. The molecule has 6 heteroatoms. The number of halogens is 1. The lowest BCUT2D eigenvalue weighted by molar-refractivity contribution is 0.720. The van der Waals surface area contributed by atoms with Crippen LogP contribution in [0.1, 0.15) is 0 Å². The van der Waals surface area contributed by atoms with Gasteiger partial charge in [-0.05, 0) is 30.3 Å². The second-order valence-corrected chi connectivity index (χ2v) is 6.31. The molecule has 0 spiro atoms. The second-order valence-electron chi connectivity index (χ2n) is 5.87. The number of fused-ring (bicyclic) bond motifs is 2. The highest BCUT2D eigenvalue weighted by Gasteiger charge is 2.13. The number of benzene rings is 3. The van der Waals surface area contributed by atoms with E-state index in [1.165, 1.54) is 4.80 Å². The number of para-hydroxylation sites is 1. The summed E-state index contributed by atoms with van der Waals surface area (Å²) in [6.07, 6.45) is 0. The molecular weight excluding hydrogens is 346 g/mol. The Hall–Kier alpha value is -3.31. The molecule has 0 aliphatic carbocycles. The monoisotopic (exact) mass is 357 g/mol. The van der Waals surface area contributed by atoms with Gasteiger partial charge in [-0.25, -0.2) is 9.97 Å². The van der Waals surface area contributed by atoms with Crippen LogP contribution in [0.4, 0.5) is 0 Å². The van der Waals surface area contributed by atoms with Crippen molar-refractivity contribution in [2.45, 2.75) is 0 Å². The Labute approximate surface area is 153 Å². The van der Waals surface area contributed by atoms with Gasteiger partial charge in [0.05, 0.1) is 11.2 Å². The molecule has 124 valence electrons. The zero-order valence-corrected chi connectivity index (χ0v) is 14.3. The van der Waals surface area contributed by atoms with Gasteiger partial charge < -0.3 is 0 Å². The van der Waals surface area contributed by atoms with Crippen LogP contribution >= 0.6 is 11.6 Å². The molecule has 0 aliphatic rings. The number of rotatable bonds is 2. The van der Waals surface area contributed by atoms with E-state index in [2.05, 4.69) is 15.2 Å². The predicted octanol–water partition coefficient (Wildman–Crippen LogP) is 4.68. The smallest absolute Gasteiger partial charge is 0.210 e. The van der Waals surface area contributed by atoms with Crippen molar-refractivity contribution in [3.8, 4) is 17.2 Å². The Morgan fingerprint density at radius 1 is 0.654 bits per heavy atom. The Morgan fingerprint density at radius 2 is 1.27 bits per heavy atom. The summed E-state index contributed by atoms with van der Waals surface area (Å²) in [6, 6.07) is 23.2. The maximum absolute atomic E-state index is 6.03. The zero-order valence-electron chi connectivity index (χ0n) is 13.5. The van der Waals surface area contributed by atoms with Crippen molar-refractivity contribution >= 4 is 33.5 Å². The van der Waals surface area contributed by atoms with Gasteiger partial charge in [0.2, 0.25) is 0 Å². The summed E-state index contributed by atoms with van der Waals surface area (Å²) in [4.78, 5) is 10.9. The molecule has 5 nitrogen and oxygen atoms in total. The molecule has 3 aromatic carbocycles. The van der Waals surface area contributed by atoms with E-state index >= 15 is 0 Å². The molecule has 2 heterocycles. The van der Waals surface area contributed by atoms with Crippen LogP contribution < -0.4 is 0 Å². The first-order valence-corrected chi connectivity index (χ1v) is 8.51. The lowest BCUT2D eigenvalue weighted by atomic mass is 10.1. The predicted molar refractivity (Wildman–Crippen MR) is 102 cm³/mol. The van der Waals surface area contributed by atoms with E-state index in [0.29, 0.717) is 11.0 Å². The number of nitrogens with zero attached hydrogens (tertiary/aromatic N) is 5. The first kappa shape index (κ1) is 15.0. The third-order valence-electron chi connectivity index (χ3n) is 4.17. The molecule has 0 N–H and O–H groups in total. The first-order valence-electron chi connectivity index (χ1n) is 8.13. The van der Waals surface area contributed by atoms with Gasteiger partial charge in [-0.1, -0.05) is 54.1 Å². The SMILES string of the molecule is Clc1ccc(-c2nc(-n3nc4ccccc4n3)nc3ccccc23)cc1. The van der Waals surface area contributed by atoms with Crippen LogP contribution in [0.5, 0.6) is 0 Å². The largest absolute Gasteiger partial charge is 0.269 e. The third-order valence-corrected chi connectivity index (χ3v) is 4.43. The molecule has 0 atom stereocenters. The van der Waals surface area contributed by atoms with Gasteiger partial charge in [0.15, 0.2) is 0 Å². The summed E-state index contributed by atoms with van der Waals surface area (Å²) in [5, 5.41) is 10.7. The van der Waals surface area contributed by atoms with E-state index in [-0.39, 0.29) is 0 Å². The number of aromatic nitrogens is 5. The maximum atomic E-state index is 6.03. The highest BCUT2D eigenvalue weighted by atomic mass is 35.5. The Balaban J connectivity index is 1.77. The average molecular weight is 358 g/mol. The van der Waals surface area contributed by atoms with E-state index in [1.807, 2.05) is 72.8 Å². The molecule has 0 saturated carbocycles. The minimum atomic E-state index is 0.435. The summed E-state index contributed by atoms with van der Waals surface area (Å²) >= 11 is 6.03. The van der Waals surface area contributed by atoms with Gasteiger partial charge in [0, 0.05) is 16.0 Å². The van der Waals surface area contributed by atoms with E-state index < -0.39 is 0 Å². The molecule has 0 fully saturated rings. The van der Waals surface area contributed by atoms with Crippen molar-refractivity contribution in [1.29, 1.82) is 0 Å². The molecule has 0 saturated heterocycles. The third kappa shape index (κ3) is 2.50. The van der Waals surface area contributed by atoms with Gasteiger partial charge in [0.25, 0.3) is 5.95 Å². The van der Waals surface area contributed by atoms with Crippen LogP contribution in [0.2, 0.25) is 5.02 Å². The van der Waals surface area contributed by atoms with E-state index in [9.17, 15) is 0 Å². The average Bonchev–Trinajstić information content (AvgIpc) is 3.12. The number of hydrogen-bond acceptors (Lipinski definition) is 4. The van der Waals surface area contributed by atoms with Crippen LogP contribution in [0.25, 0.3) is 39.1 Å². The molecular formula is C20H12ClN5. The van der Waals surface area contributed by atoms with Crippen molar-refractivity contribution in [3.63, 3.8) is 0 Å². The van der Waals surface area contributed by atoms with Crippen LogP contribution in [0, 0.1) is 0 Å². The van der Waals surface area contributed by atoms with Crippen molar-refractivity contribution in [3.05, 3.63) is 77.8 Å². The zero-order chi connectivity index (χ0) is 17.5. The van der Waals surface area contributed by atoms with Crippen LogP contribution in [0.3, 0.4) is 0 Å². The Bertz CT molecular complexity index is 1210. The Kier molecular flexibility index (Phi) is 3.40. The molecule has 0 amide bonds. The van der Waals surface area contributed by atoms with Gasteiger partial charge in [-0.3, -0.25) is 0 Å². The standard InChI is InChI=1S/C20H12ClN5/c21-14-11-9-13(10-12-14)19-15-5-1-2-6-16(15)22-20(23-19)26-24-17-7-3-4-8-18(17)25-26/h1-12H. The van der Waals surface area contributed by atoms with E-state index in [1.54, 1.807) is 0 Å². The van der Waals surface area contributed by atoms with Crippen molar-refractivity contribution in [1.82, 2.24) is 25.0 Å². The summed E-state index contributed by atoms with van der Waals surface area (Å²) in [6.45, 7) is 0. The normalized spacial score (nSPS) is 11.3. The molecule has 0 bridgehead atoms. The number of hydrogen-bond donors (Lipinski definition) is 0. The lowest BCUT2D eigenvalue weighted by Gasteiger charge is -2.08. The van der Waals surface area contributed by atoms with Gasteiger partial charge in [0.1, 0.15) is 11.0 Å². The highest BCUT2D eigenvalue weighted by Crippen LogP contribution is 2.27. The van der Waals surface area contributed by atoms with Crippen molar-refractivity contribution in [2.75, 3.05) is 0 Å². The Morgan fingerprint density at radius 3 is 1.96 bits per heavy atom. The molecule has 2 aromatic heterocycles. The summed E-state index contributed by atoms with van der Waals surface area (Å²) in [7, 11) is 0. The van der Waals surface area contributed by atoms with Crippen molar-refractivity contribution < 1.29 is 0 Å². The molecule has 26 heavy (non-hydrogen) atoms. The first-order chi connectivity index (χ1) is 12.8. The minimum Gasteiger partial charge on any atom is -0.210 e. The van der Waals surface area contributed by atoms with E-state index in [4.69, 9.17) is 16.6 Å².